The summed E-state index contributed by atoms with van der Waals surface area (Å²) in [6, 6.07) is 5.94. The molecule has 0 saturated carbocycles. The van der Waals surface area contributed by atoms with Crippen molar-refractivity contribution in [1.82, 2.24) is 5.32 Å². The lowest BCUT2D eigenvalue weighted by atomic mass is 9.89. The number of nitrogens with one attached hydrogen (secondary N) is 1. The SMILES string of the molecule is Cc1ccc(C)c(OCC(=O)NCCCC(C)(C)CO)c1. The van der Waals surface area contributed by atoms with Gasteiger partial charge in [0.05, 0.1) is 0 Å². The summed E-state index contributed by atoms with van der Waals surface area (Å²) in [5, 5.41) is 12.0. The Balaban J connectivity index is 2.27. The highest BCUT2D eigenvalue weighted by molar-refractivity contribution is 5.77. The topological polar surface area (TPSA) is 58.6 Å². The minimum atomic E-state index is -0.113. The van der Waals surface area contributed by atoms with Crippen LogP contribution in [0.1, 0.15) is 37.8 Å². The third-order valence-electron chi connectivity index (χ3n) is 3.48. The first kappa shape index (κ1) is 17.5. The molecule has 4 heteroatoms. The third-order valence-corrected chi connectivity index (χ3v) is 3.48. The maximum absolute atomic E-state index is 11.7. The average molecular weight is 293 g/mol. The summed E-state index contributed by atoms with van der Waals surface area (Å²) in [6.45, 7) is 8.79. The van der Waals surface area contributed by atoms with E-state index in [4.69, 9.17) is 9.84 Å². The van der Waals surface area contributed by atoms with Crippen LogP contribution >= 0.6 is 0 Å². The van der Waals surface area contributed by atoms with Crippen LogP contribution in [0.4, 0.5) is 0 Å². The monoisotopic (exact) mass is 293 g/mol. The van der Waals surface area contributed by atoms with Gasteiger partial charge in [-0.3, -0.25) is 4.79 Å². The van der Waals surface area contributed by atoms with Crippen molar-refractivity contribution in [3.05, 3.63) is 29.3 Å². The second-order valence-corrected chi connectivity index (χ2v) is 6.33. The van der Waals surface area contributed by atoms with E-state index in [0.29, 0.717) is 6.54 Å². The Morgan fingerprint density at radius 1 is 1.33 bits per heavy atom. The number of carbonyl (C=O) groups excluding carboxylic acids is 1. The third kappa shape index (κ3) is 6.63. The molecule has 0 bridgehead atoms. The van der Waals surface area contributed by atoms with Gasteiger partial charge in [-0.15, -0.1) is 0 Å². The first-order valence-corrected chi connectivity index (χ1v) is 7.42. The molecule has 0 unspecified atom stereocenters. The lowest BCUT2D eigenvalue weighted by Gasteiger charge is -2.21. The largest absolute Gasteiger partial charge is 0.483 e. The van der Waals surface area contributed by atoms with Crippen molar-refractivity contribution in [1.29, 1.82) is 0 Å². The molecule has 0 fully saturated rings. The fraction of sp³-hybridized carbons (Fsp3) is 0.588. The van der Waals surface area contributed by atoms with E-state index in [1.807, 2.05) is 45.9 Å². The molecule has 1 aromatic carbocycles. The van der Waals surface area contributed by atoms with Crippen LogP contribution in [-0.2, 0) is 4.79 Å². The molecule has 4 nitrogen and oxygen atoms in total. The number of aliphatic hydroxyl groups excluding tert-OH is 1. The Morgan fingerprint density at radius 3 is 2.71 bits per heavy atom. The van der Waals surface area contributed by atoms with Gasteiger partial charge in [-0.05, 0) is 49.3 Å². The fourth-order valence-electron chi connectivity index (χ4n) is 1.93. The minimum absolute atomic E-state index is 0.0354. The summed E-state index contributed by atoms with van der Waals surface area (Å²) in [4.78, 5) is 11.7. The zero-order valence-corrected chi connectivity index (χ0v) is 13.5. The van der Waals surface area contributed by atoms with Gasteiger partial charge in [0.1, 0.15) is 5.75 Å². The number of ether oxygens (including phenoxy) is 1. The van der Waals surface area contributed by atoms with Crippen LogP contribution in [0.15, 0.2) is 18.2 Å². The van der Waals surface area contributed by atoms with Crippen molar-refractivity contribution in [3.8, 4) is 5.75 Å². The van der Waals surface area contributed by atoms with Crippen molar-refractivity contribution in [2.75, 3.05) is 19.8 Å². The highest BCUT2D eigenvalue weighted by Gasteiger charge is 2.15. The molecular formula is C17H27NO3. The molecule has 0 aromatic heterocycles. The number of aliphatic hydroxyl groups is 1. The lowest BCUT2D eigenvalue weighted by Crippen LogP contribution is -2.30. The lowest BCUT2D eigenvalue weighted by molar-refractivity contribution is -0.123. The van der Waals surface area contributed by atoms with E-state index < -0.39 is 0 Å². The van der Waals surface area contributed by atoms with E-state index in [1.165, 1.54) is 0 Å². The second kappa shape index (κ2) is 8.03. The summed E-state index contributed by atoms with van der Waals surface area (Å²) in [6.07, 6.45) is 1.73. The van der Waals surface area contributed by atoms with E-state index >= 15 is 0 Å². The average Bonchev–Trinajstić information content (AvgIpc) is 2.44. The highest BCUT2D eigenvalue weighted by atomic mass is 16.5. The van der Waals surface area contributed by atoms with Crippen molar-refractivity contribution >= 4 is 5.91 Å². The Morgan fingerprint density at radius 2 is 2.05 bits per heavy atom. The summed E-state index contributed by atoms with van der Waals surface area (Å²) < 4.78 is 5.55. The molecule has 118 valence electrons. The van der Waals surface area contributed by atoms with Gasteiger partial charge in [0.25, 0.3) is 5.91 Å². The molecule has 1 aromatic rings. The zero-order valence-electron chi connectivity index (χ0n) is 13.5. The number of hydrogen-bond donors (Lipinski definition) is 2. The number of benzene rings is 1. The molecule has 1 amide bonds. The molecule has 2 N–H and O–H groups in total. The fourth-order valence-corrected chi connectivity index (χ4v) is 1.93. The van der Waals surface area contributed by atoms with Crippen LogP contribution in [0.2, 0.25) is 0 Å². The Labute approximate surface area is 127 Å². The molecule has 0 heterocycles. The number of amides is 1. The maximum Gasteiger partial charge on any atom is 0.257 e. The summed E-state index contributed by atoms with van der Waals surface area (Å²) in [7, 11) is 0. The van der Waals surface area contributed by atoms with Gasteiger partial charge < -0.3 is 15.2 Å². The first-order chi connectivity index (χ1) is 9.84. The summed E-state index contributed by atoms with van der Waals surface area (Å²) >= 11 is 0. The number of aryl methyl sites for hydroxylation is 2. The van der Waals surface area contributed by atoms with Gasteiger partial charge in [0.2, 0.25) is 0 Å². The van der Waals surface area contributed by atoms with Crippen LogP contribution in [0.25, 0.3) is 0 Å². The standard InChI is InChI=1S/C17H27NO3/c1-13-6-7-14(2)15(10-13)21-11-16(20)18-9-5-8-17(3,4)12-19/h6-7,10,19H,5,8-9,11-12H2,1-4H3,(H,18,20). The predicted molar refractivity (Wildman–Crippen MR) is 84.5 cm³/mol. The molecule has 1 rings (SSSR count). The van der Waals surface area contributed by atoms with Crippen LogP contribution in [0.5, 0.6) is 5.75 Å². The van der Waals surface area contributed by atoms with E-state index in [0.717, 1.165) is 29.7 Å². The van der Waals surface area contributed by atoms with Gasteiger partial charge in [0.15, 0.2) is 6.61 Å². The molecule has 0 atom stereocenters. The highest BCUT2D eigenvalue weighted by Crippen LogP contribution is 2.20. The van der Waals surface area contributed by atoms with Gasteiger partial charge >= 0.3 is 0 Å². The smallest absolute Gasteiger partial charge is 0.257 e. The Kier molecular flexibility index (Phi) is 6.69. The van der Waals surface area contributed by atoms with Crippen molar-refractivity contribution < 1.29 is 14.6 Å². The molecule has 0 saturated heterocycles. The van der Waals surface area contributed by atoms with Crippen molar-refractivity contribution in [2.24, 2.45) is 5.41 Å². The van der Waals surface area contributed by atoms with Crippen molar-refractivity contribution in [2.45, 2.75) is 40.5 Å². The van der Waals surface area contributed by atoms with E-state index in [-0.39, 0.29) is 24.5 Å². The summed E-state index contributed by atoms with van der Waals surface area (Å²) in [5.41, 5.74) is 2.06. The van der Waals surface area contributed by atoms with Gasteiger partial charge in [-0.2, -0.15) is 0 Å². The summed E-state index contributed by atoms with van der Waals surface area (Å²) in [5.74, 6) is 0.643. The van der Waals surface area contributed by atoms with Crippen molar-refractivity contribution in [3.63, 3.8) is 0 Å². The van der Waals surface area contributed by atoms with Crippen LogP contribution < -0.4 is 10.1 Å². The first-order valence-electron chi connectivity index (χ1n) is 7.42. The van der Waals surface area contributed by atoms with E-state index in [2.05, 4.69) is 5.32 Å². The Bertz CT molecular complexity index is 469. The van der Waals surface area contributed by atoms with Gasteiger partial charge in [0, 0.05) is 13.2 Å². The maximum atomic E-state index is 11.7. The quantitative estimate of drug-likeness (QED) is 0.724. The zero-order chi connectivity index (χ0) is 15.9. The predicted octanol–water partition coefficient (Wildman–Crippen LogP) is 2.60. The number of carbonyl (C=O) groups is 1. The van der Waals surface area contributed by atoms with Crippen LogP contribution in [0.3, 0.4) is 0 Å². The van der Waals surface area contributed by atoms with E-state index in [1.54, 1.807) is 0 Å². The molecule has 21 heavy (non-hydrogen) atoms. The number of hydrogen-bond acceptors (Lipinski definition) is 3. The molecular weight excluding hydrogens is 266 g/mol. The number of rotatable bonds is 8. The van der Waals surface area contributed by atoms with Gasteiger partial charge in [-0.25, -0.2) is 0 Å². The second-order valence-electron chi connectivity index (χ2n) is 6.33. The normalized spacial score (nSPS) is 11.3. The molecule has 0 aliphatic rings. The molecule has 0 aliphatic carbocycles. The molecule has 0 spiro atoms. The van der Waals surface area contributed by atoms with E-state index in [9.17, 15) is 4.79 Å². The molecule has 0 radical (unpaired) electrons. The van der Waals surface area contributed by atoms with Crippen LogP contribution in [-0.4, -0.2) is 30.8 Å². The minimum Gasteiger partial charge on any atom is -0.483 e. The van der Waals surface area contributed by atoms with Gasteiger partial charge in [-0.1, -0.05) is 26.0 Å². The van der Waals surface area contributed by atoms with Crippen LogP contribution in [0, 0.1) is 19.3 Å². The molecule has 0 aliphatic heterocycles. The Hall–Kier alpha value is -1.55.